The van der Waals surface area contributed by atoms with Crippen molar-refractivity contribution in [2.24, 2.45) is 5.92 Å². The van der Waals surface area contributed by atoms with E-state index >= 15 is 0 Å². The minimum atomic E-state index is 0.134. The van der Waals surface area contributed by atoms with E-state index in [0.29, 0.717) is 12.2 Å². The molecule has 2 N–H and O–H groups in total. The van der Waals surface area contributed by atoms with Gasteiger partial charge in [-0.2, -0.15) is 0 Å². The molecule has 0 spiro atoms. The van der Waals surface area contributed by atoms with Gasteiger partial charge in [-0.05, 0) is 37.0 Å². The van der Waals surface area contributed by atoms with Gasteiger partial charge in [-0.15, -0.1) is 0 Å². The number of hydrogen-bond acceptors (Lipinski definition) is 2. The molecule has 100 valence electrons. The summed E-state index contributed by atoms with van der Waals surface area (Å²) in [6.07, 6.45) is 3.58. The molecule has 1 fully saturated rings. The Labute approximate surface area is 113 Å². The van der Waals surface area contributed by atoms with Crippen LogP contribution in [0.2, 0.25) is 0 Å². The predicted molar refractivity (Wildman–Crippen MR) is 77.5 cm³/mol. The summed E-state index contributed by atoms with van der Waals surface area (Å²) in [5.74, 6) is 0.534. The monoisotopic (exact) mass is 256 g/mol. The van der Waals surface area contributed by atoms with Gasteiger partial charge in [0.15, 0.2) is 0 Å². The molecule has 0 bridgehead atoms. The van der Waals surface area contributed by atoms with E-state index < -0.39 is 0 Å². The predicted octanol–water partition coefficient (Wildman–Crippen LogP) is 2.51. The van der Waals surface area contributed by atoms with E-state index in [0.717, 1.165) is 19.5 Å². The summed E-state index contributed by atoms with van der Waals surface area (Å²) in [5, 5.41) is 4.58. The second-order valence-corrected chi connectivity index (χ2v) is 5.57. The molecule has 1 aromatic heterocycles. The maximum absolute atomic E-state index is 11.9. The van der Waals surface area contributed by atoms with Crippen LogP contribution in [0.4, 0.5) is 0 Å². The van der Waals surface area contributed by atoms with Crippen LogP contribution in [0.5, 0.6) is 0 Å². The van der Waals surface area contributed by atoms with E-state index in [1.165, 1.54) is 27.6 Å². The first-order valence-corrected chi connectivity index (χ1v) is 6.96. The van der Waals surface area contributed by atoms with Gasteiger partial charge in [-0.25, -0.2) is 0 Å². The third kappa shape index (κ3) is 2.19. The molecule has 1 aliphatic heterocycles. The Kier molecular flexibility index (Phi) is 3.15. The zero-order valence-corrected chi connectivity index (χ0v) is 11.5. The van der Waals surface area contributed by atoms with Gasteiger partial charge in [-0.1, -0.05) is 12.1 Å². The van der Waals surface area contributed by atoms with Crippen molar-refractivity contribution >= 4 is 16.7 Å². The van der Waals surface area contributed by atoms with Gasteiger partial charge < -0.3 is 10.3 Å². The van der Waals surface area contributed by atoms with E-state index in [2.05, 4.69) is 42.5 Å². The zero-order chi connectivity index (χ0) is 13.4. The average Bonchev–Trinajstić information content (AvgIpc) is 2.81. The van der Waals surface area contributed by atoms with E-state index in [9.17, 15) is 4.79 Å². The molecule has 19 heavy (non-hydrogen) atoms. The van der Waals surface area contributed by atoms with Gasteiger partial charge in [0.1, 0.15) is 5.78 Å². The lowest BCUT2D eigenvalue weighted by atomic mass is 9.90. The molecule has 3 rings (SSSR count). The summed E-state index contributed by atoms with van der Waals surface area (Å²) in [7, 11) is 0. The van der Waals surface area contributed by atoms with Crippen molar-refractivity contribution in [1.29, 1.82) is 0 Å². The Bertz CT molecular complexity index is 627. The van der Waals surface area contributed by atoms with Crippen LogP contribution in [0.25, 0.3) is 10.9 Å². The summed E-state index contributed by atoms with van der Waals surface area (Å²) < 4.78 is 0. The van der Waals surface area contributed by atoms with Crippen LogP contribution in [0, 0.1) is 19.8 Å². The Morgan fingerprint density at radius 1 is 1.32 bits per heavy atom. The Morgan fingerprint density at radius 3 is 2.95 bits per heavy atom. The molecular formula is C16H20N2O. The highest BCUT2D eigenvalue weighted by molar-refractivity contribution is 5.88. The van der Waals surface area contributed by atoms with Crippen LogP contribution in [0.3, 0.4) is 0 Å². The van der Waals surface area contributed by atoms with Crippen molar-refractivity contribution < 1.29 is 4.79 Å². The summed E-state index contributed by atoms with van der Waals surface area (Å²) in [6, 6.07) is 4.33. The third-order valence-electron chi connectivity index (χ3n) is 4.33. The molecule has 1 unspecified atom stereocenters. The highest BCUT2D eigenvalue weighted by Gasteiger charge is 2.23. The zero-order valence-electron chi connectivity index (χ0n) is 11.5. The molecule has 0 aliphatic carbocycles. The Balaban J connectivity index is 1.93. The lowest BCUT2D eigenvalue weighted by Crippen LogP contribution is -2.37. The molecule has 0 radical (unpaired) electrons. The number of H-pyrrole nitrogens is 1. The summed E-state index contributed by atoms with van der Waals surface area (Å²) in [4.78, 5) is 15.3. The van der Waals surface area contributed by atoms with Crippen LogP contribution in [0.1, 0.15) is 23.1 Å². The van der Waals surface area contributed by atoms with Crippen molar-refractivity contribution in [3.8, 4) is 0 Å². The van der Waals surface area contributed by atoms with Gasteiger partial charge in [0.25, 0.3) is 0 Å². The van der Waals surface area contributed by atoms with Crippen LogP contribution >= 0.6 is 0 Å². The maximum atomic E-state index is 11.9. The second kappa shape index (κ2) is 4.82. The van der Waals surface area contributed by atoms with E-state index in [1.54, 1.807) is 0 Å². The van der Waals surface area contributed by atoms with Crippen molar-refractivity contribution in [2.75, 3.05) is 13.1 Å². The summed E-state index contributed by atoms with van der Waals surface area (Å²) >= 11 is 0. The highest BCUT2D eigenvalue weighted by Crippen LogP contribution is 2.26. The van der Waals surface area contributed by atoms with Gasteiger partial charge in [0.05, 0.1) is 0 Å². The van der Waals surface area contributed by atoms with Gasteiger partial charge in [0.2, 0.25) is 0 Å². The SMILES string of the molecule is Cc1ccc2c(CC3CNCCC3=O)c[nH]c2c1C. The fourth-order valence-electron chi connectivity index (χ4n) is 2.93. The number of Topliss-reactive ketones (excluding diaryl/α,β-unsaturated/α-hetero) is 1. The molecule has 1 saturated heterocycles. The van der Waals surface area contributed by atoms with Gasteiger partial charge >= 0.3 is 0 Å². The number of aryl methyl sites for hydroxylation is 2. The number of ketones is 1. The molecule has 1 aliphatic rings. The maximum Gasteiger partial charge on any atom is 0.138 e. The largest absolute Gasteiger partial charge is 0.361 e. The first-order chi connectivity index (χ1) is 9.16. The third-order valence-corrected chi connectivity index (χ3v) is 4.33. The number of nitrogens with one attached hydrogen (secondary N) is 2. The molecule has 0 saturated carbocycles. The number of aromatic nitrogens is 1. The molecule has 2 aromatic rings. The molecule has 3 heteroatoms. The Hall–Kier alpha value is -1.61. The number of aromatic amines is 1. The number of rotatable bonds is 2. The van der Waals surface area contributed by atoms with Gasteiger partial charge in [0, 0.05) is 42.5 Å². The topological polar surface area (TPSA) is 44.9 Å². The lowest BCUT2D eigenvalue weighted by Gasteiger charge is -2.21. The minimum Gasteiger partial charge on any atom is -0.361 e. The molecule has 3 nitrogen and oxygen atoms in total. The summed E-state index contributed by atoms with van der Waals surface area (Å²) in [5.41, 5.74) is 5.08. The van der Waals surface area contributed by atoms with Crippen LogP contribution < -0.4 is 5.32 Å². The molecule has 1 atom stereocenters. The number of benzene rings is 1. The van der Waals surface area contributed by atoms with Crippen LogP contribution in [0.15, 0.2) is 18.3 Å². The Morgan fingerprint density at radius 2 is 2.16 bits per heavy atom. The first kappa shape index (κ1) is 12.4. The fourth-order valence-corrected chi connectivity index (χ4v) is 2.93. The number of fused-ring (bicyclic) bond motifs is 1. The molecule has 0 amide bonds. The van der Waals surface area contributed by atoms with Crippen molar-refractivity contribution in [3.63, 3.8) is 0 Å². The van der Waals surface area contributed by atoms with Crippen LogP contribution in [-0.2, 0) is 11.2 Å². The van der Waals surface area contributed by atoms with Crippen molar-refractivity contribution in [1.82, 2.24) is 10.3 Å². The highest BCUT2D eigenvalue weighted by atomic mass is 16.1. The molecule has 1 aromatic carbocycles. The van der Waals surface area contributed by atoms with E-state index in [-0.39, 0.29) is 5.92 Å². The quantitative estimate of drug-likeness (QED) is 0.867. The lowest BCUT2D eigenvalue weighted by molar-refractivity contribution is -0.123. The molecule has 2 heterocycles. The summed E-state index contributed by atoms with van der Waals surface area (Å²) in [6.45, 7) is 5.92. The van der Waals surface area contributed by atoms with E-state index in [4.69, 9.17) is 0 Å². The standard InChI is InChI=1S/C16H20N2O/c1-10-3-4-14-12(9-18-16(14)11(10)2)7-13-8-17-6-5-15(13)19/h3-4,9,13,17-18H,5-8H2,1-2H3. The minimum absolute atomic E-state index is 0.134. The molecular weight excluding hydrogens is 236 g/mol. The fraction of sp³-hybridized carbons (Fsp3) is 0.438. The normalized spacial score (nSPS) is 20.1. The number of carbonyl (C=O) groups excluding carboxylic acids is 1. The van der Waals surface area contributed by atoms with Crippen molar-refractivity contribution in [3.05, 3.63) is 35.0 Å². The second-order valence-electron chi connectivity index (χ2n) is 5.57. The van der Waals surface area contributed by atoms with E-state index in [1.807, 2.05) is 0 Å². The average molecular weight is 256 g/mol. The van der Waals surface area contributed by atoms with Crippen molar-refractivity contribution in [2.45, 2.75) is 26.7 Å². The number of hydrogen-bond donors (Lipinski definition) is 2. The number of carbonyl (C=O) groups is 1. The number of piperidine rings is 1. The smallest absolute Gasteiger partial charge is 0.138 e. The van der Waals surface area contributed by atoms with Crippen LogP contribution in [-0.4, -0.2) is 23.9 Å². The first-order valence-electron chi connectivity index (χ1n) is 6.96. The van der Waals surface area contributed by atoms with Gasteiger partial charge in [-0.3, -0.25) is 4.79 Å².